The summed E-state index contributed by atoms with van der Waals surface area (Å²) in [5, 5.41) is 3.54. The average Bonchev–Trinajstić information content (AvgIpc) is 2.65. The van der Waals surface area contributed by atoms with Crippen molar-refractivity contribution in [2.75, 3.05) is 0 Å². The average molecular weight is 332 g/mol. The highest BCUT2D eigenvalue weighted by atomic mass is 16.5. The van der Waals surface area contributed by atoms with Gasteiger partial charge in [-0.3, -0.25) is 4.79 Å². The van der Waals surface area contributed by atoms with Crippen LogP contribution in [-0.4, -0.2) is 10.8 Å². The molecule has 0 fully saturated rings. The Morgan fingerprint density at radius 2 is 2.04 bits per heavy atom. The topological polar surface area (TPSA) is 91.8 Å². The molecule has 0 aliphatic carbocycles. The van der Waals surface area contributed by atoms with E-state index in [0.29, 0.717) is 22.9 Å². The molecule has 1 aromatic heterocycles. The van der Waals surface area contributed by atoms with E-state index in [1.54, 1.807) is 53.4 Å². The van der Waals surface area contributed by atoms with Gasteiger partial charge in [0.25, 0.3) is 0 Å². The van der Waals surface area contributed by atoms with Crippen LogP contribution in [0.25, 0.3) is 10.4 Å². The van der Waals surface area contributed by atoms with E-state index in [0.717, 1.165) is 0 Å². The molecule has 0 saturated carbocycles. The maximum Gasteiger partial charge on any atom is 0.392 e. The van der Waals surface area contributed by atoms with Gasteiger partial charge in [-0.05, 0) is 17.7 Å². The van der Waals surface area contributed by atoms with Crippen LogP contribution in [0.15, 0.2) is 78.3 Å². The number of hydrogen-bond donors (Lipinski definition) is 0. The lowest BCUT2D eigenvalue weighted by Gasteiger charge is -2.05. The minimum Gasteiger partial charge on any atom is -0.404 e. The molecule has 7 nitrogen and oxygen atoms in total. The van der Waals surface area contributed by atoms with E-state index in [1.165, 1.54) is 6.20 Å². The summed E-state index contributed by atoms with van der Waals surface area (Å²) in [6.45, 7) is 0.123. The Bertz CT molecular complexity index is 937. The fourth-order valence-corrected chi connectivity index (χ4v) is 2.24. The molecule has 0 amide bonds. The number of Topliss-reactive ketones (excluding diaryl/α,β-unsaturated/α-hetero) is 1. The van der Waals surface area contributed by atoms with Gasteiger partial charge in [0, 0.05) is 16.2 Å². The van der Waals surface area contributed by atoms with Crippen LogP contribution in [0.5, 0.6) is 11.6 Å². The highest BCUT2D eigenvalue weighted by Gasteiger charge is 2.18. The van der Waals surface area contributed by atoms with Crippen LogP contribution in [-0.2, 0) is 6.54 Å². The second-order valence-corrected chi connectivity index (χ2v) is 5.12. The molecule has 7 heteroatoms. The predicted molar refractivity (Wildman–Crippen MR) is 90.5 cm³/mol. The zero-order valence-corrected chi connectivity index (χ0v) is 13.2. The number of azide groups is 1. The van der Waals surface area contributed by atoms with Crippen molar-refractivity contribution in [3.05, 3.63) is 89.2 Å². The number of nitrogens with zero attached hydrogens (tertiary/aromatic N) is 5. The summed E-state index contributed by atoms with van der Waals surface area (Å²) in [5.41, 5.74) is 9.59. The molecular formula is C18H14N5O2+. The molecule has 3 rings (SSSR count). The third-order valence-electron chi connectivity index (χ3n) is 3.41. The quantitative estimate of drug-likeness (QED) is 0.225. The van der Waals surface area contributed by atoms with Gasteiger partial charge in [0.2, 0.25) is 12.3 Å². The lowest BCUT2D eigenvalue weighted by Crippen LogP contribution is -2.39. The van der Waals surface area contributed by atoms with E-state index in [-0.39, 0.29) is 12.3 Å². The third kappa shape index (κ3) is 4.19. The van der Waals surface area contributed by atoms with Crippen molar-refractivity contribution < 1.29 is 14.1 Å². The van der Waals surface area contributed by atoms with Crippen molar-refractivity contribution in [1.82, 2.24) is 4.98 Å². The van der Waals surface area contributed by atoms with Crippen LogP contribution < -0.4 is 9.30 Å². The molecule has 0 bridgehead atoms. The first-order chi connectivity index (χ1) is 12.3. The van der Waals surface area contributed by atoms with Crippen molar-refractivity contribution in [3.63, 3.8) is 0 Å². The molecule has 3 aromatic rings. The van der Waals surface area contributed by atoms with Crippen molar-refractivity contribution in [1.29, 1.82) is 0 Å². The molecule has 2 aromatic carbocycles. The van der Waals surface area contributed by atoms with Crippen LogP contribution in [0.3, 0.4) is 0 Å². The number of aromatic nitrogens is 2. The normalized spacial score (nSPS) is 9.92. The first-order valence-electron chi connectivity index (χ1n) is 7.51. The van der Waals surface area contributed by atoms with Crippen LogP contribution >= 0.6 is 0 Å². The number of rotatable bonds is 6. The highest BCUT2D eigenvalue weighted by Crippen LogP contribution is 2.23. The summed E-state index contributed by atoms with van der Waals surface area (Å²) >= 11 is 0. The predicted octanol–water partition coefficient (Wildman–Crippen LogP) is 3.99. The number of benzene rings is 2. The lowest BCUT2D eigenvalue weighted by atomic mass is 10.1. The van der Waals surface area contributed by atoms with E-state index in [4.69, 9.17) is 10.3 Å². The fraction of sp³-hybridized carbons (Fsp3) is 0.0556. The molecular weight excluding hydrogens is 318 g/mol. The Kier molecular flexibility index (Phi) is 4.99. The van der Waals surface area contributed by atoms with Gasteiger partial charge < -0.3 is 4.74 Å². The van der Waals surface area contributed by atoms with Crippen LogP contribution in [0.2, 0.25) is 0 Å². The number of carbonyl (C=O) groups excluding carboxylic acids is 1. The van der Waals surface area contributed by atoms with Crippen LogP contribution in [0.1, 0.15) is 10.4 Å². The summed E-state index contributed by atoms with van der Waals surface area (Å²) in [4.78, 5) is 19.2. The van der Waals surface area contributed by atoms with E-state index < -0.39 is 0 Å². The summed E-state index contributed by atoms with van der Waals surface area (Å²) in [6.07, 6.45) is 4.79. The van der Waals surface area contributed by atoms with Gasteiger partial charge in [-0.25, -0.2) is 4.98 Å². The largest absolute Gasteiger partial charge is 0.404 e. The molecule has 0 spiro atoms. The number of hydrogen-bond acceptors (Lipinski definition) is 4. The Morgan fingerprint density at radius 1 is 1.20 bits per heavy atom. The molecule has 122 valence electrons. The van der Waals surface area contributed by atoms with E-state index >= 15 is 0 Å². The van der Waals surface area contributed by atoms with Crippen molar-refractivity contribution in [2.24, 2.45) is 5.11 Å². The standard InChI is InChI=1S/C18H14N5O2/c19-22-21-15-7-4-8-16(11-15)25-18-12-20-9-10-23(18)13-17(24)14-5-2-1-3-6-14/h1-12H,13H2/q+1. The molecule has 0 unspecified atom stereocenters. The van der Waals surface area contributed by atoms with Gasteiger partial charge in [0.15, 0.2) is 6.20 Å². The zero-order valence-electron chi connectivity index (χ0n) is 13.2. The van der Waals surface area contributed by atoms with Gasteiger partial charge in [0.1, 0.15) is 11.9 Å². The van der Waals surface area contributed by atoms with Crippen molar-refractivity contribution in [2.45, 2.75) is 6.54 Å². The first-order valence-corrected chi connectivity index (χ1v) is 7.51. The van der Waals surface area contributed by atoms with Crippen molar-refractivity contribution >= 4 is 11.5 Å². The van der Waals surface area contributed by atoms with Gasteiger partial charge in [-0.1, -0.05) is 47.6 Å². The lowest BCUT2D eigenvalue weighted by molar-refractivity contribution is -0.687. The minimum atomic E-state index is -0.0375. The molecule has 0 aliphatic heterocycles. The Morgan fingerprint density at radius 3 is 2.84 bits per heavy atom. The Labute approximate surface area is 143 Å². The van der Waals surface area contributed by atoms with Crippen LogP contribution in [0, 0.1) is 0 Å². The maximum absolute atomic E-state index is 12.4. The molecule has 0 aliphatic rings. The molecule has 0 N–H and O–H groups in total. The Hall–Kier alpha value is -3.70. The molecule has 0 saturated heterocycles. The van der Waals surface area contributed by atoms with Crippen molar-refractivity contribution in [3.8, 4) is 11.6 Å². The van der Waals surface area contributed by atoms with Gasteiger partial charge >= 0.3 is 5.88 Å². The second-order valence-electron chi connectivity index (χ2n) is 5.12. The summed E-state index contributed by atoms with van der Waals surface area (Å²) in [5.74, 6) is 0.855. The zero-order chi connectivity index (χ0) is 17.5. The van der Waals surface area contributed by atoms with Gasteiger partial charge in [-0.15, -0.1) is 0 Å². The highest BCUT2D eigenvalue weighted by molar-refractivity contribution is 5.94. The SMILES string of the molecule is [N-]=[N+]=Nc1cccc(Oc2cncc[n+]2CC(=O)c2ccccc2)c1. The Balaban J connectivity index is 1.83. The maximum atomic E-state index is 12.4. The van der Waals surface area contributed by atoms with Crippen LogP contribution in [0.4, 0.5) is 5.69 Å². The molecule has 25 heavy (non-hydrogen) atoms. The molecule has 0 radical (unpaired) electrons. The van der Waals surface area contributed by atoms with E-state index in [9.17, 15) is 4.79 Å². The first kappa shape index (κ1) is 16.2. The number of ether oxygens (including phenoxy) is 1. The minimum absolute atomic E-state index is 0.0375. The monoisotopic (exact) mass is 332 g/mol. The molecule has 0 atom stereocenters. The summed E-state index contributed by atoms with van der Waals surface area (Å²) in [7, 11) is 0. The molecule has 1 heterocycles. The second kappa shape index (κ2) is 7.72. The summed E-state index contributed by atoms with van der Waals surface area (Å²) < 4.78 is 7.47. The van der Waals surface area contributed by atoms with E-state index in [2.05, 4.69) is 15.0 Å². The third-order valence-corrected chi connectivity index (χ3v) is 3.41. The summed E-state index contributed by atoms with van der Waals surface area (Å²) in [6, 6.07) is 15.8. The smallest absolute Gasteiger partial charge is 0.392 e. The van der Waals surface area contributed by atoms with E-state index in [1.807, 2.05) is 18.2 Å². The fourth-order valence-electron chi connectivity index (χ4n) is 2.24. The number of carbonyl (C=O) groups is 1. The van der Waals surface area contributed by atoms with Gasteiger partial charge in [-0.2, -0.15) is 4.57 Å². The number of ketones is 1. The van der Waals surface area contributed by atoms with Gasteiger partial charge in [0.05, 0.1) is 6.20 Å².